The summed E-state index contributed by atoms with van der Waals surface area (Å²) in [6.45, 7) is 0. The smallest absolute Gasteiger partial charge is 0.337 e. The van der Waals surface area contributed by atoms with Gasteiger partial charge in [-0.3, -0.25) is 4.79 Å². The van der Waals surface area contributed by atoms with Crippen molar-refractivity contribution in [2.75, 3.05) is 0 Å². The number of nitrogens with zero attached hydrogens (tertiary/aromatic N) is 1. The highest BCUT2D eigenvalue weighted by Crippen LogP contribution is 2.05. The van der Waals surface area contributed by atoms with Crippen LogP contribution in [0.5, 0.6) is 0 Å². The molecule has 1 rings (SSSR count). The summed E-state index contributed by atoms with van der Waals surface area (Å²) in [5.41, 5.74) is 5.22. The van der Waals surface area contributed by atoms with E-state index in [2.05, 4.69) is 0 Å². The van der Waals surface area contributed by atoms with Gasteiger partial charge in [-0.05, 0) is 6.07 Å². The van der Waals surface area contributed by atoms with Crippen molar-refractivity contribution < 1.29 is 14.7 Å². The molecule has 5 nitrogen and oxygen atoms in total. The standard InChI is InChI=1S/C7H8N2O3/c1-9-3-4(7(11)12)2-5(9)6(8)10/h2-3H,1H3,(H2,8,10)(H,11,12). The first-order chi connectivity index (χ1) is 5.52. The molecule has 0 aliphatic carbocycles. The van der Waals surface area contributed by atoms with Crippen LogP contribution in [0.25, 0.3) is 0 Å². The number of aryl methyl sites for hydroxylation is 1. The zero-order chi connectivity index (χ0) is 9.30. The number of carbonyl (C=O) groups is 2. The Morgan fingerprint density at radius 3 is 2.42 bits per heavy atom. The molecular weight excluding hydrogens is 160 g/mol. The maximum Gasteiger partial charge on any atom is 0.337 e. The molecule has 0 aromatic carbocycles. The number of carboxylic acids is 1. The van der Waals surface area contributed by atoms with Gasteiger partial charge in [0.1, 0.15) is 5.69 Å². The minimum Gasteiger partial charge on any atom is -0.478 e. The summed E-state index contributed by atoms with van der Waals surface area (Å²) in [5.74, 6) is -1.71. The van der Waals surface area contributed by atoms with E-state index in [4.69, 9.17) is 10.8 Å². The lowest BCUT2D eigenvalue weighted by atomic mass is 10.3. The molecule has 1 aromatic rings. The van der Waals surface area contributed by atoms with Gasteiger partial charge in [-0.1, -0.05) is 0 Å². The van der Waals surface area contributed by atoms with Gasteiger partial charge in [0.2, 0.25) is 0 Å². The van der Waals surface area contributed by atoms with Crippen LogP contribution < -0.4 is 5.73 Å². The van der Waals surface area contributed by atoms with Gasteiger partial charge in [0.15, 0.2) is 0 Å². The predicted molar refractivity (Wildman–Crippen MR) is 40.9 cm³/mol. The molecule has 0 bridgehead atoms. The molecule has 0 atom stereocenters. The Hall–Kier alpha value is -1.78. The third-order valence-corrected chi connectivity index (χ3v) is 1.50. The maximum atomic E-state index is 10.7. The van der Waals surface area contributed by atoms with Gasteiger partial charge in [-0.2, -0.15) is 0 Å². The van der Waals surface area contributed by atoms with E-state index in [0.29, 0.717) is 0 Å². The highest BCUT2D eigenvalue weighted by Gasteiger charge is 2.11. The summed E-state index contributed by atoms with van der Waals surface area (Å²) in [4.78, 5) is 21.1. The van der Waals surface area contributed by atoms with Crippen molar-refractivity contribution in [2.45, 2.75) is 0 Å². The molecule has 0 aliphatic heterocycles. The van der Waals surface area contributed by atoms with Crippen LogP contribution in [0, 0.1) is 0 Å². The lowest BCUT2D eigenvalue weighted by Crippen LogP contribution is -2.14. The van der Waals surface area contributed by atoms with E-state index in [1.165, 1.54) is 16.8 Å². The second-order valence-corrected chi connectivity index (χ2v) is 2.39. The van der Waals surface area contributed by atoms with Crippen LogP contribution in [0.3, 0.4) is 0 Å². The largest absolute Gasteiger partial charge is 0.478 e. The van der Waals surface area contributed by atoms with Crippen LogP contribution in [0.1, 0.15) is 20.8 Å². The summed E-state index contributed by atoms with van der Waals surface area (Å²) >= 11 is 0. The molecule has 0 saturated carbocycles. The maximum absolute atomic E-state index is 10.7. The Balaban J connectivity index is 3.17. The number of aromatic carboxylic acids is 1. The molecule has 1 heterocycles. The Morgan fingerprint density at radius 1 is 1.58 bits per heavy atom. The van der Waals surface area contributed by atoms with Crippen molar-refractivity contribution in [3.63, 3.8) is 0 Å². The zero-order valence-corrected chi connectivity index (χ0v) is 6.44. The van der Waals surface area contributed by atoms with Crippen molar-refractivity contribution >= 4 is 11.9 Å². The van der Waals surface area contributed by atoms with E-state index in [0.717, 1.165) is 0 Å². The lowest BCUT2D eigenvalue weighted by Gasteiger charge is -1.94. The quantitative estimate of drug-likeness (QED) is 0.642. The van der Waals surface area contributed by atoms with Crippen LogP contribution in [-0.4, -0.2) is 21.6 Å². The molecule has 12 heavy (non-hydrogen) atoms. The second kappa shape index (κ2) is 2.69. The van der Waals surface area contributed by atoms with Crippen molar-refractivity contribution in [3.05, 3.63) is 23.5 Å². The third-order valence-electron chi connectivity index (χ3n) is 1.50. The molecular formula is C7H8N2O3. The van der Waals surface area contributed by atoms with Crippen molar-refractivity contribution in [2.24, 2.45) is 12.8 Å². The molecule has 5 heteroatoms. The fourth-order valence-electron chi connectivity index (χ4n) is 0.926. The number of carbonyl (C=O) groups excluding carboxylic acids is 1. The van der Waals surface area contributed by atoms with Gasteiger partial charge in [-0.25, -0.2) is 4.79 Å². The van der Waals surface area contributed by atoms with Crippen molar-refractivity contribution in [1.29, 1.82) is 0 Å². The number of primary amides is 1. The minimum atomic E-state index is -1.07. The van der Waals surface area contributed by atoms with Gasteiger partial charge in [0, 0.05) is 13.2 Å². The molecule has 1 amide bonds. The molecule has 0 aliphatic rings. The highest BCUT2D eigenvalue weighted by atomic mass is 16.4. The number of aromatic nitrogens is 1. The highest BCUT2D eigenvalue weighted by molar-refractivity contribution is 5.95. The summed E-state index contributed by atoms with van der Waals surface area (Å²) in [5, 5.41) is 8.54. The summed E-state index contributed by atoms with van der Waals surface area (Å²) in [6.07, 6.45) is 1.34. The first kappa shape index (κ1) is 8.32. The Labute approximate surface area is 68.4 Å². The molecule has 0 radical (unpaired) electrons. The second-order valence-electron chi connectivity index (χ2n) is 2.39. The van der Waals surface area contributed by atoms with Gasteiger partial charge in [0.05, 0.1) is 5.56 Å². The first-order valence-electron chi connectivity index (χ1n) is 3.22. The summed E-state index contributed by atoms with van der Waals surface area (Å²) < 4.78 is 1.38. The van der Waals surface area contributed by atoms with E-state index in [1.54, 1.807) is 7.05 Å². The molecule has 0 unspecified atom stereocenters. The van der Waals surface area contributed by atoms with E-state index in [1.807, 2.05) is 0 Å². The molecule has 0 fully saturated rings. The zero-order valence-electron chi connectivity index (χ0n) is 6.44. The van der Waals surface area contributed by atoms with E-state index in [9.17, 15) is 9.59 Å². The molecule has 3 N–H and O–H groups in total. The minimum absolute atomic E-state index is 0.0614. The van der Waals surface area contributed by atoms with E-state index < -0.39 is 11.9 Å². The normalized spacial score (nSPS) is 9.75. The molecule has 1 aromatic heterocycles. The number of nitrogens with two attached hydrogens (primary N) is 1. The van der Waals surface area contributed by atoms with Crippen molar-refractivity contribution in [3.8, 4) is 0 Å². The fraction of sp³-hybridized carbons (Fsp3) is 0.143. The van der Waals surface area contributed by atoms with Gasteiger partial charge < -0.3 is 15.4 Å². The molecule has 64 valence electrons. The number of amides is 1. The van der Waals surface area contributed by atoms with Crippen LogP contribution >= 0.6 is 0 Å². The number of hydrogen-bond donors (Lipinski definition) is 2. The van der Waals surface area contributed by atoms with Gasteiger partial charge >= 0.3 is 5.97 Å². The van der Waals surface area contributed by atoms with Crippen molar-refractivity contribution in [1.82, 2.24) is 4.57 Å². The van der Waals surface area contributed by atoms with Gasteiger partial charge in [-0.15, -0.1) is 0 Å². The molecule has 0 saturated heterocycles. The summed E-state index contributed by atoms with van der Waals surface area (Å²) in [7, 11) is 1.56. The van der Waals surface area contributed by atoms with Gasteiger partial charge in [0.25, 0.3) is 5.91 Å². The Morgan fingerprint density at radius 2 is 2.17 bits per heavy atom. The van der Waals surface area contributed by atoms with Crippen LogP contribution in [-0.2, 0) is 7.05 Å². The average molecular weight is 168 g/mol. The van der Waals surface area contributed by atoms with Crippen LogP contribution in [0.2, 0.25) is 0 Å². The fourth-order valence-corrected chi connectivity index (χ4v) is 0.926. The summed E-state index contributed by atoms with van der Waals surface area (Å²) in [6, 6.07) is 1.24. The number of rotatable bonds is 2. The lowest BCUT2D eigenvalue weighted by molar-refractivity contribution is 0.0697. The molecule has 0 spiro atoms. The third kappa shape index (κ3) is 1.29. The van der Waals surface area contributed by atoms with E-state index in [-0.39, 0.29) is 11.3 Å². The van der Waals surface area contributed by atoms with Crippen LogP contribution in [0.4, 0.5) is 0 Å². The number of carboxylic acid groups (broad SMARTS) is 1. The van der Waals surface area contributed by atoms with Crippen LogP contribution in [0.15, 0.2) is 12.3 Å². The average Bonchev–Trinajstić information content (AvgIpc) is 2.30. The predicted octanol–water partition coefficient (Wildman–Crippen LogP) is -0.178. The Bertz CT molecular complexity index is 340. The first-order valence-corrected chi connectivity index (χ1v) is 3.22. The topological polar surface area (TPSA) is 85.3 Å². The van der Waals surface area contributed by atoms with E-state index >= 15 is 0 Å². The Kier molecular flexibility index (Phi) is 1.86. The number of hydrogen-bond acceptors (Lipinski definition) is 2. The monoisotopic (exact) mass is 168 g/mol. The SMILES string of the molecule is Cn1cc(C(=O)O)cc1C(N)=O.